The Balaban J connectivity index is 1.09. The zero-order valence-electron chi connectivity index (χ0n) is 29.2. The lowest BCUT2D eigenvalue weighted by molar-refractivity contribution is -0.0582. The highest BCUT2D eigenvalue weighted by molar-refractivity contribution is 5.67. The van der Waals surface area contributed by atoms with Gasteiger partial charge in [0.2, 0.25) is 0 Å². The number of nitrogens with one attached hydrogen (secondary N) is 1. The van der Waals surface area contributed by atoms with Crippen molar-refractivity contribution in [1.82, 2.24) is 10.2 Å². The molecule has 1 N–H and O–H groups in total. The second kappa shape index (κ2) is 15.2. The molecule has 1 amide bonds. The maximum Gasteiger partial charge on any atom is 0.407 e. The minimum absolute atomic E-state index is 0.0143. The van der Waals surface area contributed by atoms with Crippen LogP contribution in [0.4, 0.5) is 4.79 Å². The Kier molecular flexibility index (Phi) is 11.8. The van der Waals surface area contributed by atoms with Gasteiger partial charge in [0.05, 0.1) is 19.3 Å². The Morgan fingerprint density at radius 1 is 1.05 bits per heavy atom. The Morgan fingerprint density at radius 3 is 2.59 bits per heavy atom. The van der Waals surface area contributed by atoms with E-state index in [1.165, 1.54) is 64.2 Å². The van der Waals surface area contributed by atoms with Crippen LogP contribution in [-0.2, 0) is 14.2 Å². The lowest BCUT2D eigenvalue weighted by Gasteiger charge is -2.58. The number of carbonyl (C=O) groups is 1. The summed E-state index contributed by atoms with van der Waals surface area (Å²) in [5.41, 5.74) is 2.39. The number of rotatable bonds is 14. The van der Waals surface area contributed by atoms with Gasteiger partial charge in [-0.1, -0.05) is 65.5 Å². The topological polar surface area (TPSA) is 60.0 Å². The molecular formula is C38H66N2O4. The zero-order chi connectivity index (χ0) is 31.3. The molecule has 9 atom stereocenters. The van der Waals surface area contributed by atoms with E-state index in [2.05, 4.69) is 50.9 Å². The van der Waals surface area contributed by atoms with E-state index >= 15 is 0 Å². The van der Waals surface area contributed by atoms with Crippen molar-refractivity contribution in [2.45, 2.75) is 130 Å². The quantitative estimate of drug-likeness (QED) is 0.158. The number of methoxy groups -OCH3 is 1. The van der Waals surface area contributed by atoms with Gasteiger partial charge in [-0.05, 0) is 117 Å². The number of hydrogen-bond donors (Lipinski definition) is 1. The van der Waals surface area contributed by atoms with Gasteiger partial charge in [-0.15, -0.1) is 0 Å². The molecule has 0 aromatic carbocycles. The maximum absolute atomic E-state index is 12.7. The average molecular weight is 615 g/mol. The van der Waals surface area contributed by atoms with Gasteiger partial charge in [0.25, 0.3) is 0 Å². The summed E-state index contributed by atoms with van der Waals surface area (Å²) in [5, 5.41) is 2.95. The number of likely N-dealkylation sites (tertiary alicyclic amines) is 1. The van der Waals surface area contributed by atoms with Gasteiger partial charge >= 0.3 is 6.09 Å². The highest BCUT2D eigenvalue weighted by Gasteiger charge is 2.59. The highest BCUT2D eigenvalue weighted by atomic mass is 16.6. The molecule has 3 saturated carbocycles. The molecule has 44 heavy (non-hydrogen) atoms. The molecule has 1 aliphatic heterocycles. The van der Waals surface area contributed by atoms with Crippen LogP contribution in [0.5, 0.6) is 0 Å². The lowest BCUT2D eigenvalue weighted by atomic mass is 9.47. The van der Waals surface area contributed by atoms with Gasteiger partial charge in [-0.2, -0.15) is 0 Å². The van der Waals surface area contributed by atoms with Crippen molar-refractivity contribution in [3.63, 3.8) is 0 Å². The minimum atomic E-state index is -0.299. The molecule has 1 unspecified atom stereocenters. The number of hydrogen-bond acceptors (Lipinski definition) is 5. The first kappa shape index (κ1) is 34.2. The molecule has 6 nitrogen and oxygen atoms in total. The van der Waals surface area contributed by atoms with E-state index in [0.29, 0.717) is 25.2 Å². The predicted octanol–water partition coefficient (Wildman–Crippen LogP) is 8.25. The number of amides is 1. The van der Waals surface area contributed by atoms with Crippen molar-refractivity contribution in [3.05, 3.63) is 11.6 Å². The largest absolute Gasteiger partial charge is 0.446 e. The summed E-state index contributed by atoms with van der Waals surface area (Å²) in [5.74, 6) is 5.10. The monoisotopic (exact) mass is 615 g/mol. The first-order valence-electron chi connectivity index (χ1n) is 18.6. The third kappa shape index (κ3) is 7.71. The van der Waals surface area contributed by atoms with Gasteiger partial charge < -0.3 is 24.4 Å². The number of alkyl carbamates (subject to hydrolysis) is 1. The Labute approximate surface area is 269 Å². The van der Waals surface area contributed by atoms with Gasteiger partial charge in [0, 0.05) is 26.6 Å². The number of nitrogens with zero attached hydrogens (tertiary/aromatic N) is 1. The van der Waals surface area contributed by atoms with E-state index < -0.39 is 0 Å². The summed E-state index contributed by atoms with van der Waals surface area (Å²) in [4.78, 5) is 15.2. The van der Waals surface area contributed by atoms with E-state index in [0.717, 1.165) is 74.4 Å². The second-order valence-corrected chi connectivity index (χ2v) is 16.4. The fourth-order valence-electron chi connectivity index (χ4n) is 10.9. The third-order valence-corrected chi connectivity index (χ3v) is 13.3. The first-order valence-corrected chi connectivity index (χ1v) is 18.6. The molecule has 252 valence electrons. The molecule has 5 aliphatic rings. The number of fused-ring (bicyclic) bond motifs is 5. The van der Waals surface area contributed by atoms with Crippen LogP contribution < -0.4 is 5.32 Å². The Hall–Kier alpha value is -1.11. The summed E-state index contributed by atoms with van der Waals surface area (Å²) in [7, 11) is 1.72. The van der Waals surface area contributed by atoms with E-state index in [-0.39, 0.29) is 23.7 Å². The van der Waals surface area contributed by atoms with Crippen LogP contribution >= 0.6 is 0 Å². The second-order valence-electron chi connectivity index (χ2n) is 16.4. The highest BCUT2D eigenvalue weighted by Crippen LogP contribution is 2.67. The summed E-state index contributed by atoms with van der Waals surface area (Å²) in [6.45, 7) is 17.3. The fraction of sp³-hybridized carbons (Fsp3) is 0.921. The zero-order valence-corrected chi connectivity index (χ0v) is 29.2. The number of carbonyl (C=O) groups excluding carboxylic acids is 1. The summed E-state index contributed by atoms with van der Waals surface area (Å²) >= 11 is 0. The molecule has 0 aromatic rings. The Bertz CT molecular complexity index is 962. The molecule has 0 spiro atoms. The van der Waals surface area contributed by atoms with Crippen molar-refractivity contribution in [2.75, 3.05) is 46.5 Å². The van der Waals surface area contributed by atoms with Crippen LogP contribution in [0.25, 0.3) is 0 Å². The molecule has 6 heteroatoms. The molecule has 0 aromatic heterocycles. The molecule has 0 radical (unpaired) electrons. The normalized spacial score (nSPS) is 36.7. The molecule has 1 saturated heterocycles. The van der Waals surface area contributed by atoms with Gasteiger partial charge in [0.1, 0.15) is 6.10 Å². The smallest absolute Gasteiger partial charge is 0.407 e. The summed E-state index contributed by atoms with van der Waals surface area (Å²) in [6.07, 6.45) is 19.0. The Morgan fingerprint density at radius 2 is 1.84 bits per heavy atom. The summed E-state index contributed by atoms with van der Waals surface area (Å²) in [6, 6.07) is 0. The van der Waals surface area contributed by atoms with Crippen LogP contribution in [-0.4, -0.2) is 69.7 Å². The molecule has 1 heterocycles. The first-order chi connectivity index (χ1) is 21.1. The van der Waals surface area contributed by atoms with Crippen LogP contribution in [0.1, 0.15) is 118 Å². The minimum Gasteiger partial charge on any atom is -0.446 e. The molecule has 0 bridgehead atoms. The van der Waals surface area contributed by atoms with Gasteiger partial charge in [-0.3, -0.25) is 0 Å². The van der Waals surface area contributed by atoms with Crippen molar-refractivity contribution in [1.29, 1.82) is 0 Å². The van der Waals surface area contributed by atoms with Crippen LogP contribution in [0, 0.1) is 46.3 Å². The standard InChI is InChI=1S/C38H66N2O4/c1-27(2)10-9-11-28(3)33-14-15-34-32-13-12-29-24-30(16-18-37(29,4)35(32)17-19-38(33,34)5)44-36(41)39-20-23-43-31(26-42-6)25-40-21-7-8-22-40/h12,27-28,30-35H,7-11,13-26H2,1-6H3,(H,39,41)/t28-,30+,31?,32+,33-,34+,35+,37+,38-/m1/s1. The van der Waals surface area contributed by atoms with Crippen molar-refractivity contribution < 1.29 is 19.0 Å². The van der Waals surface area contributed by atoms with E-state index in [1.807, 2.05) is 0 Å². The summed E-state index contributed by atoms with van der Waals surface area (Å²) < 4.78 is 17.4. The third-order valence-electron chi connectivity index (χ3n) is 13.3. The van der Waals surface area contributed by atoms with Crippen LogP contribution in [0.15, 0.2) is 11.6 Å². The van der Waals surface area contributed by atoms with Gasteiger partial charge in [-0.25, -0.2) is 4.79 Å². The van der Waals surface area contributed by atoms with E-state index in [4.69, 9.17) is 14.2 Å². The van der Waals surface area contributed by atoms with Crippen LogP contribution in [0.2, 0.25) is 0 Å². The maximum atomic E-state index is 12.7. The molecule has 4 aliphatic carbocycles. The van der Waals surface area contributed by atoms with Crippen molar-refractivity contribution in [2.24, 2.45) is 46.3 Å². The number of ether oxygens (including phenoxy) is 3. The number of allylic oxidation sites excluding steroid dienone is 1. The van der Waals surface area contributed by atoms with Crippen molar-refractivity contribution in [3.8, 4) is 0 Å². The average Bonchev–Trinajstić information content (AvgIpc) is 3.62. The van der Waals surface area contributed by atoms with E-state index in [9.17, 15) is 4.79 Å². The SMILES string of the molecule is COCC(CN1CCCC1)OCCNC(=O)O[C@H]1CC[C@@]2(C)C(=CC[C@H]3[C@@H]4CC[C@H]([C@H](C)CCCC(C)C)[C@@]4(C)CC[C@@H]32)C1. The van der Waals surface area contributed by atoms with E-state index in [1.54, 1.807) is 12.7 Å². The lowest BCUT2D eigenvalue weighted by Crippen LogP contribution is -2.51. The van der Waals surface area contributed by atoms with Crippen molar-refractivity contribution >= 4 is 6.09 Å². The molecular weight excluding hydrogens is 548 g/mol. The van der Waals surface area contributed by atoms with Gasteiger partial charge in [0.15, 0.2) is 0 Å². The van der Waals surface area contributed by atoms with Crippen LogP contribution in [0.3, 0.4) is 0 Å². The fourth-order valence-corrected chi connectivity index (χ4v) is 10.9. The molecule has 4 fully saturated rings. The molecule has 5 rings (SSSR count). The predicted molar refractivity (Wildman–Crippen MR) is 179 cm³/mol.